The Labute approximate surface area is 164 Å². The molecule has 0 fully saturated rings. The Bertz CT molecular complexity index is 1310. The summed E-state index contributed by atoms with van der Waals surface area (Å²) in [5.41, 5.74) is 5.32. The average Bonchev–Trinajstić information content (AvgIpc) is 3.05. The van der Waals surface area contributed by atoms with Crippen LogP contribution >= 0.6 is 0 Å². The monoisotopic (exact) mass is 366 g/mol. The first kappa shape index (κ1) is 16.8. The summed E-state index contributed by atoms with van der Waals surface area (Å²) in [5.74, 6) is 3.30. The van der Waals surface area contributed by atoms with Crippen molar-refractivity contribution >= 4 is 35.9 Å². The van der Waals surface area contributed by atoms with Gasteiger partial charge in [-0.15, -0.1) is 0 Å². The molecule has 5 heteroatoms. The van der Waals surface area contributed by atoms with E-state index < -0.39 is 0 Å². The fourth-order valence-electron chi connectivity index (χ4n) is 4.01. The van der Waals surface area contributed by atoms with Crippen molar-refractivity contribution in [3.8, 4) is 11.1 Å². The summed E-state index contributed by atoms with van der Waals surface area (Å²) < 4.78 is 8.14. The third kappa shape index (κ3) is 2.62. The molecule has 136 valence electrons. The molecule has 0 unspecified atom stereocenters. The van der Waals surface area contributed by atoms with Gasteiger partial charge in [0.05, 0.1) is 30.0 Å². The molecule has 1 aliphatic rings. The topological polar surface area (TPSA) is 33.2 Å². The zero-order valence-electron chi connectivity index (χ0n) is 16.3. The van der Waals surface area contributed by atoms with E-state index in [0.717, 1.165) is 21.8 Å². The molecule has 5 rings (SSSR count). The molecule has 1 aliphatic heterocycles. The molecule has 0 amide bonds. The molecule has 0 saturated carbocycles. The van der Waals surface area contributed by atoms with Gasteiger partial charge in [-0.3, -0.25) is 4.81 Å². The molecule has 0 atom stereocenters. The molecule has 1 aromatic carbocycles. The van der Waals surface area contributed by atoms with E-state index >= 15 is 0 Å². The van der Waals surface area contributed by atoms with Gasteiger partial charge < -0.3 is 4.42 Å². The molecule has 0 radical (unpaired) electrons. The van der Waals surface area contributed by atoms with Crippen molar-refractivity contribution in [2.45, 2.75) is 13.7 Å². The van der Waals surface area contributed by atoms with Crippen LogP contribution in [0.4, 0.5) is 5.82 Å². The van der Waals surface area contributed by atoms with E-state index in [1.807, 2.05) is 6.07 Å². The van der Waals surface area contributed by atoms with Crippen LogP contribution in [0, 0.1) is 6.92 Å². The highest BCUT2D eigenvalue weighted by Crippen LogP contribution is 2.26. The first-order chi connectivity index (χ1) is 13.6. The molecule has 3 aromatic heterocycles. The van der Waals surface area contributed by atoms with Gasteiger partial charge in [0.15, 0.2) is 0 Å². The molecule has 4 aromatic rings. The van der Waals surface area contributed by atoms with E-state index in [0.29, 0.717) is 5.71 Å². The van der Waals surface area contributed by atoms with E-state index in [2.05, 4.69) is 96.0 Å². The Hall–Kier alpha value is -3.34. The first-order valence-electron chi connectivity index (χ1n) is 9.53. The lowest BCUT2D eigenvalue weighted by atomic mass is 9.62. The van der Waals surface area contributed by atoms with Crippen LogP contribution in [0.15, 0.2) is 65.3 Å². The summed E-state index contributed by atoms with van der Waals surface area (Å²) in [4.78, 5) is 6.66. The lowest BCUT2D eigenvalue weighted by Gasteiger charge is -2.20. The lowest BCUT2D eigenvalue weighted by molar-refractivity contribution is -0.658. The van der Waals surface area contributed by atoms with Crippen LogP contribution < -0.4 is 20.0 Å². The minimum atomic E-state index is 0.172. The number of aryl methyl sites for hydroxylation is 2. The number of nitrogens with zero attached hydrogens (tertiary/aromatic N) is 3. The summed E-state index contributed by atoms with van der Waals surface area (Å²) in [6.45, 7) is 4.52. The normalized spacial score (nSPS) is 13.2. The van der Waals surface area contributed by atoms with Gasteiger partial charge >= 0.3 is 6.85 Å². The standard InChI is InChI=1S/C23H21BN3O/c1-16-14-26(3)22(12-19(16)17-8-5-4-6-9-17)27-15-20-18-10-7-11-25-23(18)28-21(20)13-24(27)2/h4-15H,1-3H3/q+1. The molecule has 4 nitrogen and oxygen atoms in total. The molecule has 0 saturated heterocycles. The van der Waals surface area contributed by atoms with Crippen molar-refractivity contribution in [3.63, 3.8) is 0 Å². The molecule has 0 N–H and O–H groups in total. The molecule has 0 spiro atoms. The second-order valence-electron chi connectivity index (χ2n) is 7.38. The number of anilines is 1. The third-order valence-electron chi connectivity index (χ3n) is 5.43. The minimum Gasteiger partial charge on any atom is -0.439 e. The Morgan fingerprint density at radius 1 is 1.11 bits per heavy atom. The zero-order chi connectivity index (χ0) is 19.3. The summed E-state index contributed by atoms with van der Waals surface area (Å²) in [5, 5.41) is 2.13. The Morgan fingerprint density at radius 2 is 1.93 bits per heavy atom. The highest BCUT2D eigenvalue weighted by atomic mass is 16.3. The summed E-state index contributed by atoms with van der Waals surface area (Å²) >= 11 is 0. The van der Waals surface area contributed by atoms with Crippen LogP contribution in [-0.4, -0.2) is 11.8 Å². The van der Waals surface area contributed by atoms with Crippen molar-refractivity contribution < 1.29 is 8.98 Å². The Kier molecular flexibility index (Phi) is 3.83. The first-order valence-corrected chi connectivity index (χ1v) is 9.53. The van der Waals surface area contributed by atoms with Crippen molar-refractivity contribution in [1.82, 2.24) is 4.98 Å². The maximum atomic E-state index is 5.96. The van der Waals surface area contributed by atoms with Crippen LogP contribution in [0.3, 0.4) is 0 Å². The highest BCUT2D eigenvalue weighted by Gasteiger charge is 2.30. The van der Waals surface area contributed by atoms with E-state index in [4.69, 9.17) is 4.42 Å². The lowest BCUT2D eigenvalue weighted by Crippen LogP contribution is -2.47. The van der Waals surface area contributed by atoms with Gasteiger partial charge in [-0.25, -0.2) is 9.55 Å². The zero-order valence-corrected chi connectivity index (χ0v) is 16.3. The minimum absolute atomic E-state index is 0.172. The number of furan rings is 1. The van der Waals surface area contributed by atoms with E-state index in [1.165, 1.54) is 16.7 Å². The Morgan fingerprint density at radius 3 is 2.75 bits per heavy atom. The summed E-state index contributed by atoms with van der Waals surface area (Å²) in [7, 11) is 2.10. The van der Waals surface area contributed by atoms with Gasteiger partial charge in [-0.05, 0) is 48.5 Å². The van der Waals surface area contributed by atoms with Gasteiger partial charge in [0.25, 0.3) is 5.82 Å². The molecular formula is C23H21BN3O+. The number of hydrogen-bond acceptors (Lipinski definition) is 3. The van der Waals surface area contributed by atoms with Crippen molar-refractivity contribution in [3.05, 3.63) is 77.1 Å². The molecule has 4 heterocycles. The quantitative estimate of drug-likeness (QED) is 0.404. The number of pyridine rings is 2. The highest BCUT2D eigenvalue weighted by molar-refractivity contribution is 6.76. The second kappa shape index (κ2) is 6.38. The predicted octanol–water partition coefficient (Wildman–Crippen LogP) is 2.83. The Balaban J connectivity index is 1.71. The number of benzene rings is 1. The van der Waals surface area contributed by atoms with E-state index in [1.54, 1.807) is 6.20 Å². The smallest absolute Gasteiger partial charge is 0.405 e. The molecule has 28 heavy (non-hydrogen) atoms. The maximum absolute atomic E-state index is 5.96. The molecule has 0 bridgehead atoms. The van der Waals surface area contributed by atoms with Gasteiger partial charge in [0.2, 0.25) is 5.71 Å². The molecule has 0 aliphatic carbocycles. The fraction of sp³-hybridized carbons (Fsp3) is 0.130. The summed E-state index contributed by atoms with van der Waals surface area (Å²) in [6, 6.07) is 16.8. The largest absolute Gasteiger partial charge is 0.439 e. The number of hydrogen-bond donors (Lipinski definition) is 0. The van der Waals surface area contributed by atoms with E-state index in [-0.39, 0.29) is 6.85 Å². The number of fused-ring (bicyclic) bond motifs is 3. The van der Waals surface area contributed by atoms with Crippen LogP contribution in [-0.2, 0) is 7.05 Å². The fourth-order valence-corrected chi connectivity index (χ4v) is 4.01. The van der Waals surface area contributed by atoms with Crippen molar-refractivity contribution in [2.75, 3.05) is 4.81 Å². The summed E-state index contributed by atoms with van der Waals surface area (Å²) in [6.07, 6.45) is 6.15. The predicted molar refractivity (Wildman–Crippen MR) is 114 cm³/mol. The number of rotatable bonds is 2. The van der Waals surface area contributed by atoms with Gasteiger partial charge in [-0.2, -0.15) is 0 Å². The number of aromatic nitrogens is 2. The van der Waals surface area contributed by atoms with Gasteiger partial charge in [-0.1, -0.05) is 30.3 Å². The van der Waals surface area contributed by atoms with Gasteiger partial charge in [0, 0.05) is 12.3 Å². The second-order valence-corrected chi connectivity index (χ2v) is 7.38. The van der Waals surface area contributed by atoms with Crippen molar-refractivity contribution in [2.24, 2.45) is 7.05 Å². The van der Waals surface area contributed by atoms with E-state index in [9.17, 15) is 0 Å². The SMILES string of the molecule is CB1C=c2oc3ncccc3c2=CN1c1cc(-c2ccccc2)c(C)c[n+]1C. The maximum Gasteiger partial charge on any atom is 0.405 e. The van der Waals surface area contributed by atoms with Crippen LogP contribution in [0.25, 0.3) is 34.4 Å². The average molecular weight is 366 g/mol. The van der Waals surface area contributed by atoms with Crippen LogP contribution in [0.1, 0.15) is 5.56 Å². The van der Waals surface area contributed by atoms with Crippen LogP contribution in [0.2, 0.25) is 6.82 Å². The third-order valence-corrected chi connectivity index (χ3v) is 5.43. The molecular weight excluding hydrogens is 345 g/mol. The van der Waals surface area contributed by atoms with Crippen molar-refractivity contribution in [1.29, 1.82) is 0 Å². The van der Waals surface area contributed by atoms with Gasteiger partial charge in [0.1, 0.15) is 5.42 Å². The van der Waals surface area contributed by atoms with Crippen LogP contribution in [0.5, 0.6) is 0 Å².